The number of carbonyl (C=O) groups is 1. The molecule has 1 aliphatic rings. The third-order valence-electron chi connectivity index (χ3n) is 5.22. The van der Waals surface area contributed by atoms with E-state index in [9.17, 15) is 4.79 Å². The number of carbonyl (C=O) groups excluding carboxylic acids is 1. The van der Waals surface area contributed by atoms with Gasteiger partial charge >= 0.3 is 0 Å². The van der Waals surface area contributed by atoms with Gasteiger partial charge in [0.2, 0.25) is 5.91 Å². The number of methoxy groups -OCH3 is 1. The average molecular weight is 547 g/mol. The second-order valence-electron chi connectivity index (χ2n) is 7.30. The molecule has 1 heterocycles. The molecule has 1 aliphatic heterocycles. The first-order valence-electron chi connectivity index (χ1n) is 10.8. The molecule has 1 fully saturated rings. The lowest BCUT2D eigenvalue weighted by molar-refractivity contribution is -0.130. The molecular formula is C22H38IN5O3. The smallest absolute Gasteiger partial charge is 0.219 e. The first-order chi connectivity index (χ1) is 14.6. The van der Waals surface area contributed by atoms with E-state index >= 15 is 0 Å². The molecule has 1 amide bonds. The number of nitrogens with one attached hydrogen (secondary N) is 2. The van der Waals surface area contributed by atoms with E-state index in [1.165, 1.54) is 5.56 Å². The van der Waals surface area contributed by atoms with Gasteiger partial charge in [-0.1, -0.05) is 6.07 Å². The summed E-state index contributed by atoms with van der Waals surface area (Å²) in [6.45, 7) is 10.3. The van der Waals surface area contributed by atoms with Gasteiger partial charge in [-0.2, -0.15) is 0 Å². The van der Waals surface area contributed by atoms with E-state index in [4.69, 9.17) is 9.47 Å². The van der Waals surface area contributed by atoms with Crippen LogP contribution in [0.5, 0.6) is 11.5 Å². The summed E-state index contributed by atoms with van der Waals surface area (Å²) in [6.07, 6.45) is 1.94. The Morgan fingerprint density at radius 1 is 1.13 bits per heavy atom. The van der Waals surface area contributed by atoms with Crippen molar-refractivity contribution in [1.82, 2.24) is 20.4 Å². The second kappa shape index (κ2) is 15.1. The number of hydrogen-bond donors (Lipinski definition) is 2. The minimum atomic E-state index is 0. The monoisotopic (exact) mass is 547 g/mol. The Hall–Kier alpha value is -1.75. The van der Waals surface area contributed by atoms with Gasteiger partial charge in [-0.15, -0.1) is 24.0 Å². The number of rotatable bonds is 10. The molecule has 176 valence electrons. The summed E-state index contributed by atoms with van der Waals surface area (Å²) >= 11 is 0. The van der Waals surface area contributed by atoms with Crippen LogP contribution in [0.25, 0.3) is 0 Å². The van der Waals surface area contributed by atoms with Crippen molar-refractivity contribution in [2.45, 2.75) is 26.7 Å². The lowest BCUT2D eigenvalue weighted by atomic mass is 10.1. The Balaban J connectivity index is 0.00000480. The van der Waals surface area contributed by atoms with Crippen molar-refractivity contribution in [2.24, 2.45) is 4.99 Å². The normalized spacial score (nSPS) is 14.6. The van der Waals surface area contributed by atoms with Crippen molar-refractivity contribution in [3.05, 3.63) is 23.8 Å². The summed E-state index contributed by atoms with van der Waals surface area (Å²) in [5.41, 5.74) is 1.23. The molecular weight excluding hydrogens is 509 g/mol. The van der Waals surface area contributed by atoms with Crippen molar-refractivity contribution >= 4 is 35.8 Å². The molecule has 0 atom stereocenters. The minimum Gasteiger partial charge on any atom is -0.493 e. The Labute approximate surface area is 203 Å². The maximum absolute atomic E-state index is 11.4. The average Bonchev–Trinajstić information content (AvgIpc) is 2.76. The maximum Gasteiger partial charge on any atom is 0.219 e. The molecule has 1 aromatic rings. The number of aryl methyl sites for hydroxylation is 1. The molecule has 0 bridgehead atoms. The van der Waals surface area contributed by atoms with Gasteiger partial charge in [0, 0.05) is 59.8 Å². The molecule has 0 aliphatic carbocycles. The quantitative estimate of drug-likeness (QED) is 0.202. The molecule has 1 saturated heterocycles. The van der Waals surface area contributed by atoms with E-state index in [0.29, 0.717) is 6.61 Å². The van der Waals surface area contributed by atoms with Crippen LogP contribution in [0.4, 0.5) is 0 Å². The summed E-state index contributed by atoms with van der Waals surface area (Å²) in [6, 6.07) is 6.10. The van der Waals surface area contributed by atoms with Gasteiger partial charge in [0.15, 0.2) is 17.5 Å². The van der Waals surface area contributed by atoms with Gasteiger partial charge in [-0.05, 0) is 37.5 Å². The minimum absolute atomic E-state index is 0. The van der Waals surface area contributed by atoms with E-state index in [1.54, 1.807) is 21.1 Å². The topological polar surface area (TPSA) is 78.4 Å². The van der Waals surface area contributed by atoms with Crippen LogP contribution in [-0.4, -0.2) is 88.2 Å². The standard InChI is InChI=1S/C22H37N5O3.HI/c1-5-30-21-17-19(8-9-20(21)29-4)7-6-10-24-22(23-3)25-11-12-26-13-15-27(16-14-26)18(2)28;/h8-9,17H,5-7,10-16H2,1-4H3,(H2,23,24,25);1H. The highest BCUT2D eigenvalue weighted by Crippen LogP contribution is 2.28. The Morgan fingerprint density at radius 3 is 2.45 bits per heavy atom. The number of piperazine rings is 1. The number of nitrogens with zero attached hydrogens (tertiary/aromatic N) is 3. The number of guanidine groups is 1. The van der Waals surface area contributed by atoms with E-state index in [1.807, 2.05) is 17.9 Å². The van der Waals surface area contributed by atoms with Crippen LogP contribution < -0.4 is 20.1 Å². The van der Waals surface area contributed by atoms with E-state index < -0.39 is 0 Å². The predicted molar refractivity (Wildman–Crippen MR) is 136 cm³/mol. The summed E-state index contributed by atoms with van der Waals surface area (Å²) in [5.74, 6) is 2.56. The molecule has 9 heteroatoms. The van der Waals surface area contributed by atoms with Crippen molar-refractivity contribution in [3.63, 3.8) is 0 Å². The molecule has 2 rings (SSSR count). The molecule has 0 aromatic heterocycles. The van der Waals surface area contributed by atoms with Crippen molar-refractivity contribution in [2.75, 3.05) is 66.6 Å². The predicted octanol–water partition coefficient (Wildman–Crippen LogP) is 1.97. The van der Waals surface area contributed by atoms with Crippen LogP contribution in [-0.2, 0) is 11.2 Å². The molecule has 0 radical (unpaired) electrons. The van der Waals surface area contributed by atoms with Crippen molar-refractivity contribution in [1.29, 1.82) is 0 Å². The van der Waals surface area contributed by atoms with Crippen LogP contribution in [0.15, 0.2) is 23.2 Å². The summed E-state index contributed by atoms with van der Waals surface area (Å²) in [5, 5.41) is 6.74. The van der Waals surface area contributed by atoms with Crippen molar-refractivity contribution < 1.29 is 14.3 Å². The molecule has 31 heavy (non-hydrogen) atoms. The van der Waals surface area contributed by atoms with Gasteiger partial charge in [0.25, 0.3) is 0 Å². The molecule has 8 nitrogen and oxygen atoms in total. The van der Waals surface area contributed by atoms with Crippen LogP contribution in [0.3, 0.4) is 0 Å². The third-order valence-corrected chi connectivity index (χ3v) is 5.22. The fourth-order valence-electron chi connectivity index (χ4n) is 3.48. The Kier molecular flexibility index (Phi) is 13.3. The van der Waals surface area contributed by atoms with E-state index in [-0.39, 0.29) is 29.9 Å². The van der Waals surface area contributed by atoms with Gasteiger partial charge in [-0.3, -0.25) is 14.7 Å². The van der Waals surface area contributed by atoms with E-state index in [2.05, 4.69) is 32.7 Å². The number of benzene rings is 1. The lowest BCUT2D eigenvalue weighted by Gasteiger charge is -2.34. The highest BCUT2D eigenvalue weighted by Gasteiger charge is 2.17. The molecule has 0 saturated carbocycles. The number of ether oxygens (including phenoxy) is 2. The highest BCUT2D eigenvalue weighted by atomic mass is 127. The fraction of sp³-hybridized carbons (Fsp3) is 0.636. The zero-order valence-electron chi connectivity index (χ0n) is 19.3. The summed E-state index contributed by atoms with van der Waals surface area (Å²) in [4.78, 5) is 20.0. The number of aliphatic imine (C=N–C) groups is 1. The maximum atomic E-state index is 11.4. The van der Waals surface area contributed by atoms with Crippen molar-refractivity contribution in [3.8, 4) is 11.5 Å². The zero-order valence-corrected chi connectivity index (χ0v) is 21.6. The first-order valence-corrected chi connectivity index (χ1v) is 10.8. The molecule has 2 N–H and O–H groups in total. The summed E-state index contributed by atoms with van der Waals surface area (Å²) < 4.78 is 11.0. The Bertz CT molecular complexity index is 694. The van der Waals surface area contributed by atoms with Gasteiger partial charge < -0.3 is 25.0 Å². The van der Waals surface area contributed by atoms with Crippen LogP contribution in [0.1, 0.15) is 25.8 Å². The Morgan fingerprint density at radius 2 is 1.84 bits per heavy atom. The SMILES string of the molecule is CCOc1cc(CCCNC(=NC)NCCN2CCN(C(C)=O)CC2)ccc1OC.I. The van der Waals surface area contributed by atoms with Gasteiger partial charge in [0.1, 0.15) is 0 Å². The highest BCUT2D eigenvalue weighted by molar-refractivity contribution is 14.0. The third kappa shape index (κ3) is 9.51. The fourth-order valence-corrected chi connectivity index (χ4v) is 3.48. The van der Waals surface area contributed by atoms with Crippen LogP contribution in [0, 0.1) is 0 Å². The molecule has 0 unspecified atom stereocenters. The number of amides is 1. The van der Waals surface area contributed by atoms with Crippen LogP contribution in [0.2, 0.25) is 0 Å². The van der Waals surface area contributed by atoms with E-state index in [0.717, 1.165) is 76.1 Å². The summed E-state index contributed by atoms with van der Waals surface area (Å²) in [7, 11) is 3.45. The van der Waals surface area contributed by atoms with Gasteiger partial charge in [0.05, 0.1) is 13.7 Å². The molecule has 1 aromatic carbocycles. The second-order valence-corrected chi connectivity index (χ2v) is 7.30. The largest absolute Gasteiger partial charge is 0.493 e. The number of halogens is 1. The molecule has 0 spiro atoms. The lowest BCUT2D eigenvalue weighted by Crippen LogP contribution is -2.50. The first kappa shape index (κ1) is 27.3. The van der Waals surface area contributed by atoms with Crippen LogP contribution >= 0.6 is 24.0 Å². The zero-order chi connectivity index (χ0) is 21.8. The van der Waals surface area contributed by atoms with Gasteiger partial charge in [-0.25, -0.2) is 0 Å². The number of hydrogen-bond acceptors (Lipinski definition) is 5.